The first-order valence-electron chi connectivity index (χ1n) is 10.2. The van der Waals surface area contributed by atoms with Gasteiger partial charge in [-0.1, -0.05) is 35.4 Å². The first-order chi connectivity index (χ1) is 15.5. The van der Waals surface area contributed by atoms with Crippen LogP contribution in [0, 0.1) is 13.8 Å². The summed E-state index contributed by atoms with van der Waals surface area (Å²) < 4.78 is 78.8. The fourth-order valence-corrected chi connectivity index (χ4v) is 6.31. The number of hydrogen-bond donors (Lipinski definition) is 1. The number of aryl methyl sites for hydroxylation is 2. The molecule has 4 bridgehead atoms. The molecule has 0 radical (unpaired) electrons. The second-order valence-corrected chi connectivity index (χ2v) is 11.4. The van der Waals surface area contributed by atoms with Crippen LogP contribution >= 0.6 is 0 Å². The van der Waals surface area contributed by atoms with Gasteiger partial charge < -0.3 is 19.3 Å². The second kappa shape index (κ2) is 8.10. The molecule has 4 fully saturated rings. The summed E-state index contributed by atoms with van der Waals surface area (Å²) in [5.74, 6) is 0. The fourth-order valence-electron chi connectivity index (χ4n) is 4.12. The SMILES string of the molecule is Cc1ccc(S(=O)(=O)OC2C3O[C@H]4OC(C(OS(=O)(=O)c5ccc(C)cc5)[C@@H]2O4)[C@@H]3O)cc1. The fraction of sp³-hybridized carbons (Fsp3) is 0.429. The minimum absolute atomic E-state index is 0.0996. The van der Waals surface area contributed by atoms with Gasteiger partial charge in [0.2, 0.25) is 0 Å². The summed E-state index contributed by atoms with van der Waals surface area (Å²) in [4.78, 5) is -0.199. The van der Waals surface area contributed by atoms with Crippen LogP contribution in [0.2, 0.25) is 0 Å². The van der Waals surface area contributed by atoms with Crippen molar-refractivity contribution in [2.75, 3.05) is 0 Å². The molecule has 0 aromatic heterocycles. The van der Waals surface area contributed by atoms with Crippen molar-refractivity contribution in [2.24, 2.45) is 0 Å². The van der Waals surface area contributed by atoms with Gasteiger partial charge in [0.15, 0.2) is 0 Å². The summed E-state index contributed by atoms with van der Waals surface area (Å²) in [6.07, 6.45) is -7.54. The lowest BCUT2D eigenvalue weighted by Gasteiger charge is -2.56. The Balaban J connectivity index is 1.44. The Morgan fingerprint density at radius 3 is 1.42 bits per heavy atom. The van der Waals surface area contributed by atoms with E-state index >= 15 is 0 Å². The zero-order valence-electron chi connectivity index (χ0n) is 17.6. The van der Waals surface area contributed by atoms with Gasteiger partial charge in [-0.3, -0.25) is 8.37 Å². The molecule has 12 heteroatoms. The highest BCUT2D eigenvalue weighted by atomic mass is 32.2. The predicted molar refractivity (Wildman–Crippen MR) is 111 cm³/mol. The molecule has 1 aliphatic carbocycles. The highest BCUT2D eigenvalue weighted by Gasteiger charge is 2.64. The van der Waals surface area contributed by atoms with Crippen LogP contribution in [0.4, 0.5) is 0 Å². The maximum atomic E-state index is 12.9. The third-order valence-corrected chi connectivity index (χ3v) is 8.52. The molecule has 2 aromatic carbocycles. The minimum Gasteiger partial charge on any atom is -0.387 e. The molecule has 0 amide bonds. The van der Waals surface area contributed by atoms with Crippen LogP contribution in [0.25, 0.3) is 0 Å². The van der Waals surface area contributed by atoms with Gasteiger partial charge in [-0.2, -0.15) is 16.8 Å². The van der Waals surface area contributed by atoms with E-state index in [1.165, 1.54) is 24.3 Å². The zero-order valence-corrected chi connectivity index (χ0v) is 19.2. The van der Waals surface area contributed by atoms with E-state index in [1.54, 1.807) is 24.3 Å². The summed E-state index contributed by atoms with van der Waals surface area (Å²) in [5, 5.41) is 10.7. The van der Waals surface area contributed by atoms with Crippen molar-refractivity contribution < 1.29 is 44.5 Å². The number of aliphatic hydroxyl groups excluding tert-OH is 1. The molecule has 1 N–H and O–H groups in total. The van der Waals surface area contributed by atoms with Gasteiger partial charge in [-0.15, -0.1) is 0 Å². The summed E-state index contributed by atoms with van der Waals surface area (Å²) in [6.45, 7) is 2.42. The van der Waals surface area contributed by atoms with Crippen molar-refractivity contribution >= 4 is 20.2 Å². The van der Waals surface area contributed by atoms with Crippen LogP contribution in [0.5, 0.6) is 0 Å². The van der Waals surface area contributed by atoms with Crippen LogP contribution in [-0.2, 0) is 42.8 Å². The zero-order chi connectivity index (χ0) is 23.5. The van der Waals surface area contributed by atoms with E-state index in [2.05, 4.69) is 0 Å². The highest BCUT2D eigenvalue weighted by molar-refractivity contribution is 7.87. The molecule has 3 heterocycles. The average molecular weight is 499 g/mol. The number of ether oxygens (including phenoxy) is 3. The standard InChI is InChI=1S/C21H22O10S2/c1-11-3-7-13(8-4-11)32(23,24)30-19-16-15(22)17-20(18(19)29-21(27-16)28-17)31-33(25,26)14-9-5-12(2)6-10-14/h3-10,15-22H,1-2H3/t15-,16?,17?,18-,19?,20?,21+. The molecule has 33 heavy (non-hydrogen) atoms. The maximum Gasteiger partial charge on any atom is 0.297 e. The van der Waals surface area contributed by atoms with Gasteiger partial charge in [0, 0.05) is 0 Å². The Hall–Kier alpha value is -1.90. The minimum atomic E-state index is -4.29. The highest BCUT2D eigenvalue weighted by Crippen LogP contribution is 2.44. The summed E-state index contributed by atoms with van der Waals surface area (Å²) in [7, 11) is -8.57. The maximum absolute atomic E-state index is 12.9. The van der Waals surface area contributed by atoms with E-state index in [0.717, 1.165) is 11.1 Å². The molecular weight excluding hydrogens is 476 g/mol. The van der Waals surface area contributed by atoms with Gasteiger partial charge in [0.1, 0.15) is 36.6 Å². The molecule has 1 saturated carbocycles. The summed E-state index contributed by atoms with van der Waals surface area (Å²) in [6, 6.07) is 12.0. The molecule has 4 atom stereocenters. The van der Waals surface area contributed by atoms with Crippen molar-refractivity contribution in [1.29, 1.82) is 0 Å². The van der Waals surface area contributed by atoms with Gasteiger partial charge in [0.25, 0.3) is 26.7 Å². The van der Waals surface area contributed by atoms with Crippen molar-refractivity contribution in [2.45, 2.75) is 66.7 Å². The molecular formula is C21H22O10S2. The Labute approximate surface area is 191 Å². The molecule has 4 unspecified atom stereocenters. The molecule has 10 nitrogen and oxygen atoms in total. The Morgan fingerprint density at radius 2 is 1.03 bits per heavy atom. The van der Waals surface area contributed by atoms with Crippen LogP contribution in [0.3, 0.4) is 0 Å². The van der Waals surface area contributed by atoms with Crippen molar-refractivity contribution in [1.82, 2.24) is 0 Å². The van der Waals surface area contributed by atoms with Crippen LogP contribution in [-0.4, -0.2) is 65.0 Å². The van der Waals surface area contributed by atoms with Crippen LogP contribution < -0.4 is 0 Å². The van der Waals surface area contributed by atoms with E-state index in [9.17, 15) is 21.9 Å². The Morgan fingerprint density at radius 1 is 0.667 bits per heavy atom. The molecule has 6 rings (SSSR count). The third kappa shape index (κ3) is 4.10. The van der Waals surface area contributed by atoms with Gasteiger partial charge in [-0.05, 0) is 38.1 Å². The van der Waals surface area contributed by atoms with E-state index < -0.39 is 63.3 Å². The number of benzene rings is 2. The lowest BCUT2D eigenvalue weighted by molar-refractivity contribution is -0.476. The Bertz CT molecular complexity index is 1150. The molecule has 3 aliphatic heterocycles. The first kappa shape index (κ1) is 22.9. The quantitative estimate of drug-likeness (QED) is 0.575. The molecule has 3 saturated heterocycles. The lowest BCUT2D eigenvalue weighted by Crippen LogP contribution is -2.76. The number of rotatable bonds is 6. The van der Waals surface area contributed by atoms with E-state index in [-0.39, 0.29) is 9.79 Å². The Kier molecular flexibility index (Phi) is 5.61. The first-order valence-corrected chi connectivity index (χ1v) is 13.0. The van der Waals surface area contributed by atoms with Crippen molar-refractivity contribution in [3.05, 3.63) is 59.7 Å². The van der Waals surface area contributed by atoms with Gasteiger partial charge >= 0.3 is 0 Å². The van der Waals surface area contributed by atoms with Crippen molar-refractivity contribution in [3.63, 3.8) is 0 Å². The van der Waals surface area contributed by atoms with E-state index in [4.69, 9.17) is 22.6 Å². The normalized spacial score (nSPS) is 33.4. The predicted octanol–water partition coefficient (Wildman–Crippen LogP) is 0.992. The van der Waals surface area contributed by atoms with Gasteiger partial charge in [0.05, 0.1) is 9.79 Å². The smallest absolute Gasteiger partial charge is 0.297 e. The van der Waals surface area contributed by atoms with E-state index in [0.29, 0.717) is 0 Å². The molecule has 178 valence electrons. The van der Waals surface area contributed by atoms with Crippen molar-refractivity contribution in [3.8, 4) is 0 Å². The molecule has 2 aromatic rings. The lowest BCUT2D eigenvalue weighted by atomic mass is 9.83. The largest absolute Gasteiger partial charge is 0.387 e. The summed E-state index contributed by atoms with van der Waals surface area (Å²) >= 11 is 0. The second-order valence-electron chi connectivity index (χ2n) is 8.24. The van der Waals surface area contributed by atoms with Gasteiger partial charge in [-0.25, -0.2) is 0 Å². The monoisotopic (exact) mass is 498 g/mol. The molecule has 0 spiro atoms. The number of aliphatic hydroxyl groups is 1. The average Bonchev–Trinajstić information content (AvgIpc) is 2.76. The summed E-state index contributed by atoms with van der Waals surface area (Å²) in [5.41, 5.74) is 1.72. The van der Waals surface area contributed by atoms with Crippen LogP contribution in [0.15, 0.2) is 58.3 Å². The molecule has 4 aliphatic rings. The van der Waals surface area contributed by atoms with E-state index in [1.807, 2.05) is 13.8 Å². The van der Waals surface area contributed by atoms with Crippen LogP contribution in [0.1, 0.15) is 11.1 Å². The topological polar surface area (TPSA) is 135 Å². The third-order valence-electron chi connectivity index (χ3n) is 5.87. The number of hydrogen-bond acceptors (Lipinski definition) is 10.